The van der Waals surface area contributed by atoms with Gasteiger partial charge in [0, 0.05) is 17.5 Å². The molecule has 2 heterocycles. The molecule has 0 aliphatic carbocycles. The van der Waals surface area contributed by atoms with Crippen molar-refractivity contribution < 1.29 is 5.11 Å². The standard InChI is InChI=1S/C20H26N2O/c1-4-17-11-18(20-14(2)7-5-9-19(20)23)22(15(17)3)13-16-8-6-10-21-12-16/h4-5,7,9,11,16,21,23H,3,6,8,10,12-13H2,1-2H3/b17-4-/t16-/m1/s1. The molecule has 1 aliphatic heterocycles. The normalized spacial score (nSPS) is 19.2. The summed E-state index contributed by atoms with van der Waals surface area (Å²) in [4.78, 5) is 0. The molecule has 1 aliphatic rings. The van der Waals surface area contributed by atoms with Crippen LogP contribution in [0, 0.1) is 12.8 Å². The van der Waals surface area contributed by atoms with E-state index in [0.717, 1.165) is 47.0 Å². The number of rotatable bonds is 3. The van der Waals surface area contributed by atoms with Gasteiger partial charge in [-0.05, 0) is 68.6 Å². The Morgan fingerprint density at radius 3 is 2.91 bits per heavy atom. The lowest BCUT2D eigenvalue weighted by Crippen LogP contribution is -2.36. The molecule has 0 bridgehead atoms. The highest BCUT2D eigenvalue weighted by atomic mass is 16.3. The molecular formula is C20H26N2O. The third-order valence-electron chi connectivity index (χ3n) is 4.90. The number of nitrogens with one attached hydrogen (secondary N) is 1. The van der Waals surface area contributed by atoms with Gasteiger partial charge in [0.15, 0.2) is 0 Å². The minimum absolute atomic E-state index is 0.341. The molecule has 3 nitrogen and oxygen atoms in total. The maximum atomic E-state index is 10.4. The van der Waals surface area contributed by atoms with E-state index in [2.05, 4.69) is 28.6 Å². The smallest absolute Gasteiger partial charge is 0.125 e. The van der Waals surface area contributed by atoms with Crippen molar-refractivity contribution in [3.05, 3.63) is 40.4 Å². The molecule has 0 unspecified atom stereocenters. The zero-order valence-corrected chi connectivity index (χ0v) is 14.1. The second-order valence-electron chi connectivity index (χ2n) is 6.51. The van der Waals surface area contributed by atoms with Gasteiger partial charge in [-0.15, -0.1) is 0 Å². The molecule has 1 aromatic carbocycles. The summed E-state index contributed by atoms with van der Waals surface area (Å²) < 4.78 is 2.29. The maximum Gasteiger partial charge on any atom is 0.125 e. The number of hydrogen-bond donors (Lipinski definition) is 2. The van der Waals surface area contributed by atoms with Crippen LogP contribution in [-0.4, -0.2) is 22.8 Å². The first kappa shape index (κ1) is 15.9. The highest BCUT2D eigenvalue weighted by Crippen LogP contribution is 2.31. The van der Waals surface area contributed by atoms with Crippen molar-refractivity contribution in [1.29, 1.82) is 0 Å². The van der Waals surface area contributed by atoms with Gasteiger partial charge in [0.25, 0.3) is 0 Å². The second-order valence-corrected chi connectivity index (χ2v) is 6.51. The number of hydrogen-bond acceptors (Lipinski definition) is 2. The molecule has 122 valence electrons. The van der Waals surface area contributed by atoms with Crippen molar-refractivity contribution in [1.82, 2.24) is 9.88 Å². The molecule has 3 rings (SSSR count). The van der Waals surface area contributed by atoms with Crippen LogP contribution in [0.2, 0.25) is 0 Å². The van der Waals surface area contributed by atoms with Crippen LogP contribution in [0.3, 0.4) is 0 Å². The van der Waals surface area contributed by atoms with Crippen molar-refractivity contribution in [2.24, 2.45) is 5.92 Å². The third-order valence-corrected chi connectivity index (χ3v) is 4.90. The molecule has 2 N–H and O–H groups in total. The lowest BCUT2D eigenvalue weighted by atomic mass is 9.99. The fourth-order valence-electron chi connectivity index (χ4n) is 3.60. The Hall–Kier alpha value is -2.00. The van der Waals surface area contributed by atoms with Gasteiger partial charge in [-0.3, -0.25) is 0 Å². The van der Waals surface area contributed by atoms with Crippen LogP contribution >= 0.6 is 0 Å². The van der Waals surface area contributed by atoms with E-state index in [1.54, 1.807) is 6.07 Å². The number of piperidine rings is 1. The Bertz CT molecular complexity index is 778. The van der Waals surface area contributed by atoms with E-state index in [9.17, 15) is 5.11 Å². The van der Waals surface area contributed by atoms with E-state index in [4.69, 9.17) is 0 Å². The molecular weight excluding hydrogens is 284 g/mol. The molecule has 1 saturated heterocycles. The highest BCUT2D eigenvalue weighted by molar-refractivity contribution is 5.71. The molecule has 1 fully saturated rings. The molecule has 0 amide bonds. The number of benzene rings is 1. The maximum absolute atomic E-state index is 10.4. The summed E-state index contributed by atoms with van der Waals surface area (Å²) in [7, 11) is 0. The monoisotopic (exact) mass is 310 g/mol. The summed E-state index contributed by atoms with van der Waals surface area (Å²) in [5.74, 6) is 0.958. The average Bonchev–Trinajstić information content (AvgIpc) is 2.85. The predicted octanol–water partition coefficient (Wildman–Crippen LogP) is 2.38. The van der Waals surface area contributed by atoms with Gasteiger partial charge in [0.05, 0.1) is 5.69 Å². The lowest BCUT2D eigenvalue weighted by Gasteiger charge is -2.24. The Labute approximate surface area is 138 Å². The van der Waals surface area contributed by atoms with Gasteiger partial charge < -0.3 is 15.0 Å². The highest BCUT2D eigenvalue weighted by Gasteiger charge is 2.18. The van der Waals surface area contributed by atoms with E-state index < -0.39 is 0 Å². The topological polar surface area (TPSA) is 37.2 Å². The number of aryl methyl sites for hydroxylation is 1. The summed E-state index contributed by atoms with van der Waals surface area (Å²) in [5, 5.41) is 16.1. The van der Waals surface area contributed by atoms with E-state index in [1.807, 2.05) is 26.0 Å². The molecule has 0 spiro atoms. The summed E-state index contributed by atoms with van der Waals surface area (Å²) in [6, 6.07) is 7.86. The predicted molar refractivity (Wildman–Crippen MR) is 96.8 cm³/mol. The lowest BCUT2D eigenvalue weighted by molar-refractivity contribution is 0.336. The van der Waals surface area contributed by atoms with Crippen LogP contribution in [0.1, 0.15) is 25.3 Å². The third kappa shape index (κ3) is 3.06. The van der Waals surface area contributed by atoms with E-state index in [-0.39, 0.29) is 0 Å². The number of nitrogens with zero attached hydrogens (tertiary/aromatic N) is 1. The fourth-order valence-corrected chi connectivity index (χ4v) is 3.60. The van der Waals surface area contributed by atoms with Crippen LogP contribution in [0.4, 0.5) is 0 Å². The van der Waals surface area contributed by atoms with Crippen molar-refractivity contribution in [2.45, 2.75) is 33.2 Å². The van der Waals surface area contributed by atoms with Gasteiger partial charge in [-0.1, -0.05) is 24.8 Å². The molecule has 0 radical (unpaired) electrons. The van der Waals surface area contributed by atoms with Crippen molar-refractivity contribution in [3.63, 3.8) is 0 Å². The SMILES string of the molecule is C=c1/c(=C\C)cc(-c2c(C)cccc2O)n1C[C@@H]1CCCNC1. The van der Waals surface area contributed by atoms with Crippen molar-refractivity contribution >= 4 is 12.7 Å². The van der Waals surface area contributed by atoms with Gasteiger partial charge >= 0.3 is 0 Å². The molecule has 0 saturated carbocycles. The Morgan fingerprint density at radius 1 is 1.43 bits per heavy atom. The molecule has 1 atom stereocenters. The molecule has 23 heavy (non-hydrogen) atoms. The Kier molecular flexibility index (Phi) is 4.58. The second kappa shape index (κ2) is 6.63. The van der Waals surface area contributed by atoms with Crippen LogP contribution in [0.15, 0.2) is 24.3 Å². The summed E-state index contributed by atoms with van der Waals surface area (Å²) in [5.41, 5.74) is 3.09. The minimum Gasteiger partial charge on any atom is -0.507 e. The summed E-state index contributed by atoms with van der Waals surface area (Å²) >= 11 is 0. The zero-order chi connectivity index (χ0) is 16.4. The molecule has 1 aromatic heterocycles. The first-order chi connectivity index (χ1) is 11.1. The van der Waals surface area contributed by atoms with Gasteiger partial charge in [0.1, 0.15) is 5.75 Å². The quantitative estimate of drug-likeness (QED) is 0.913. The van der Waals surface area contributed by atoms with Gasteiger partial charge in [0.2, 0.25) is 0 Å². The Morgan fingerprint density at radius 2 is 2.26 bits per heavy atom. The minimum atomic E-state index is 0.341. The number of phenols is 1. The van der Waals surface area contributed by atoms with E-state index in [1.165, 1.54) is 12.8 Å². The fraction of sp³-hybridized carbons (Fsp3) is 0.400. The summed E-state index contributed by atoms with van der Waals surface area (Å²) in [6.07, 6.45) is 4.57. The van der Waals surface area contributed by atoms with Crippen LogP contribution in [-0.2, 0) is 6.54 Å². The average molecular weight is 310 g/mol. The zero-order valence-electron chi connectivity index (χ0n) is 14.1. The first-order valence-corrected chi connectivity index (χ1v) is 8.46. The van der Waals surface area contributed by atoms with Crippen molar-refractivity contribution in [3.8, 4) is 17.0 Å². The Balaban J connectivity index is 2.11. The van der Waals surface area contributed by atoms with Crippen LogP contribution in [0.5, 0.6) is 5.75 Å². The molecule has 2 aromatic rings. The first-order valence-electron chi connectivity index (χ1n) is 8.46. The largest absolute Gasteiger partial charge is 0.507 e. The number of aromatic hydroxyl groups is 1. The van der Waals surface area contributed by atoms with Crippen molar-refractivity contribution in [2.75, 3.05) is 13.1 Å². The van der Waals surface area contributed by atoms with Gasteiger partial charge in [-0.25, -0.2) is 0 Å². The number of aromatic nitrogens is 1. The number of phenolic OH excluding ortho intramolecular Hbond substituents is 1. The van der Waals surface area contributed by atoms with E-state index in [0.29, 0.717) is 11.7 Å². The van der Waals surface area contributed by atoms with Crippen LogP contribution < -0.4 is 15.9 Å². The van der Waals surface area contributed by atoms with E-state index >= 15 is 0 Å². The van der Waals surface area contributed by atoms with Crippen LogP contribution in [0.25, 0.3) is 23.9 Å². The molecule has 3 heteroatoms. The van der Waals surface area contributed by atoms with Gasteiger partial charge in [-0.2, -0.15) is 0 Å². The summed E-state index contributed by atoms with van der Waals surface area (Å²) in [6.45, 7) is 11.5.